The Morgan fingerprint density at radius 2 is 1.74 bits per heavy atom. The Labute approximate surface area is 279 Å². The molecule has 46 heavy (non-hydrogen) atoms. The average Bonchev–Trinajstić information content (AvgIpc) is 3.54. The van der Waals surface area contributed by atoms with Crippen molar-refractivity contribution in [1.82, 2.24) is 13.9 Å². The van der Waals surface area contributed by atoms with Crippen LogP contribution in [0.25, 0.3) is 11.0 Å². The monoisotopic (exact) mass is 762 g/mol. The van der Waals surface area contributed by atoms with Gasteiger partial charge >= 0.3 is 10.2 Å². The molecule has 254 valence electrons. The van der Waals surface area contributed by atoms with Crippen LogP contribution in [0.15, 0.2) is 35.1 Å². The van der Waals surface area contributed by atoms with Gasteiger partial charge in [0, 0.05) is 64.7 Å². The first-order chi connectivity index (χ1) is 21.4. The zero-order valence-corrected chi connectivity index (χ0v) is 31.5. The van der Waals surface area contributed by atoms with Crippen LogP contribution in [0.2, 0.25) is 51.4 Å². The predicted molar refractivity (Wildman–Crippen MR) is 183 cm³/mol. The first kappa shape index (κ1) is 36.7. The number of hydrogen-bond donors (Lipinski definition) is 0. The number of anilines is 1. The SMILES string of the molecule is C[Si](C)(C)CCOCN(c1ccc(F)c(C(=O)c2cn(COCC[Si](C)(C)C)c3ncc(Br)cc23)c1F)S(=O)(=O)N1CC[C@@H](F)C1. The number of alkyl halides is 1. The van der Waals surface area contributed by atoms with Crippen molar-refractivity contribution >= 4 is 64.8 Å². The molecule has 2 aromatic heterocycles. The molecule has 1 fully saturated rings. The van der Waals surface area contributed by atoms with Crippen LogP contribution in [0.5, 0.6) is 0 Å². The van der Waals surface area contributed by atoms with Gasteiger partial charge < -0.3 is 14.0 Å². The normalized spacial score (nSPS) is 16.4. The molecule has 0 bridgehead atoms. The molecule has 0 amide bonds. The molecule has 1 aromatic carbocycles. The van der Waals surface area contributed by atoms with Gasteiger partial charge in [-0.2, -0.15) is 12.7 Å². The van der Waals surface area contributed by atoms with Crippen molar-refractivity contribution in [2.45, 2.75) is 70.7 Å². The molecule has 3 aromatic rings. The van der Waals surface area contributed by atoms with E-state index in [9.17, 15) is 17.6 Å². The summed E-state index contributed by atoms with van der Waals surface area (Å²) in [5, 5.41) is 0.336. The minimum atomic E-state index is -4.50. The van der Waals surface area contributed by atoms with Gasteiger partial charge in [-0.25, -0.2) is 22.5 Å². The Bertz CT molecular complexity index is 1680. The number of carbonyl (C=O) groups excluding carboxylic acids is 1. The topological polar surface area (TPSA) is 94.0 Å². The second-order valence-electron chi connectivity index (χ2n) is 13.9. The molecule has 0 N–H and O–H groups in total. The minimum absolute atomic E-state index is 0.00525. The lowest BCUT2D eigenvalue weighted by molar-refractivity contribution is 0.0896. The third-order valence-electron chi connectivity index (χ3n) is 7.62. The molecule has 1 aliphatic heterocycles. The molecule has 16 heteroatoms. The first-order valence-corrected chi connectivity index (χ1v) is 24.7. The minimum Gasteiger partial charge on any atom is -0.361 e. The Morgan fingerprint density at radius 1 is 1.09 bits per heavy atom. The molecule has 0 unspecified atom stereocenters. The van der Waals surface area contributed by atoms with Gasteiger partial charge in [0.2, 0.25) is 5.78 Å². The van der Waals surface area contributed by atoms with Crippen LogP contribution in [0.1, 0.15) is 22.3 Å². The summed E-state index contributed by atoms with van der Waals surface area (Å²) in [6.07, 6.45) is 1.60. The van der Waals surface area contributed by atoms with Gasteiger partial charge in [0.15, 0.2) is 5.82 Å². The van der Waals surface area contributed by atoms with Crippen molar-refractivity contribution < 1.29 is 35.9 Å². The van der Waals surface area contributed by atoms with Crippen LogP contribution < -0.4 is 4.31 Å². The lowest BCUT2D eigenvalue weighted by Gasteiger charge is -2.29. The van der Waals surface area contributed by atoms with Gasteiger partial charge in [-0.15, -0.1) is 0 Å². The zero-order valence-electron chi connectivity index (χ0n) is 27.1. The summed E-state index contributed by atoms with van der Waals surface area (Å²) in [7, 11) is -7.41. The molecule has 3 heterocycles. The summed E-state index contributed by atoms with van der Waals surface area (Å²) in [6, 6.07) is 5.06. The van der Waals surface area contributed by atoms with E-state index in [1.165, 1.54) is 6.20 Å². The molecule has 4 rings (SSSR count). The third-order valence-corrected chi connectivity index (χ3v) is 13.3. The fourth-order valence-corrected chi connectivity index (χ4v) is 8.27. The Hall–Kier alpha value is -2.09. The molecule has 1 atom stereocenters. The Morgan fingerprint density at radius 3 is 2.35 bits per heavy atom. The van der Waals surface area contributed by atoms with Crippen LogP contribution in [0.3, 0.4) is 0 Å². The van der Waals surface area contributed by atoms with Gasteiger partial charge in [-0.1, -0.05) is 39.3 Å². The highest BCUT2D eigenvalue weighted by molar-refractivity contribution is 9.10. The van der Waals surface area contributed by atoms with E-state index < -0.39 is 74.5 Å². The Balaban J connectivity index is 1.73. The molecular formula is C30H42BrF3N4O5SSi2. The average molecular weight is 764 g/mol. The number of carbonyl (C=O) groups is 1. The number of rotatable bonds is 15. The number of hydrogen-bond acceptors (Lipinski definition) is 6. The van der Waals surface area contributed by atoms with E-state index in [1.54, 1.807) is 16.8 Å². The van der Waals surface area contributed by atoms with Crippen molar-refractivity contribution in [2.75, 3.05) is 37.3 Å². The second-order valence-corrected chi connectivity index (χ2v) is 27.9. The summed E-state index contributed by atoms with van der Waals surface area (Å²) in [4.78, 5) is 18.4. The maximum Gasteiger partial charge on any atom is 0.306 e. The number of fused-ring (bicyclic) bond motifs is 1. The van der Waals surface area contributed by atoms with Crippen molar-refractivity contribution in [3.8, 4) is 0 Å². The van der Waals surface area contributed by atoms with E-state index in [-0.39, 0.29) is 31.9 Å². The van der Waals surface area contributed by atoms with E-state index in [4.69, 9.17) is 9.47 Å². The largest absolute Gasteiger partial charge is 0.361 e. The summed E-state index contributed by atoms with van der Waals surface area (Å²) in [5.41, 5.74) is -1.15. The number of ether oxygens (including phenoxy) is 2. The molecule has 0 saturated carbocycles. The molecule has 0 radical (unpaired) electrons. The second kappa shape index (κ2) is 14.6. The molecular weight excluding hydrogens is 721 g/mol. The van der Waals surface area contributed by atoms with E-state index >= 15 is 8.78 Å². The summed E-state index contributed by atoms with van der Waals surface area (Å²) >= 11 is 3.35. The van der Waals surface area contributed by atoms with Gasteiger partial charge in [-0.3, -0.25) is 4.79 Å². The zero-order chi connectivity index (χ0) is 34.0. The third kappa shape index (κ3) is 8.87. The summed E-state index contributed by atoms with van der Waals surface area (Å²) < 4.78 is 88.5. The standard InChI is InChI=1S/C30H42BrF3N4O5SSi2/c1-45(2,3)13-11-42-19-36-18-24(23-15-21(31)16-35-30(23)36)29(39)27-25(33)7-8-26(28(27)34)38(20-43-12-14-46(4,5)6)44(40,41)37-10-9-22(32)17-37/h7-8,15-16,18,22H,9-14,17,19-20H2,1-6H3/t22-/m1/s1. The van der Waals surface area contributed by atoms with Crippen LogP contribution >= 0.6 is 15.9 Å². The fourth-order valence-electron chi connectivity index (χ4n) is 4.87. The molecule has 1 saturated heterocycles. The molecule has 0 aliphatic carbocycles. The van der Waals surface area contributed by atoms with Crippen molar-refractivity contribution in [3.05, 3.63) is 57.8 Å². The fraction of sp³-hybridized carbons (Fsp3) is 0.533. The van der Waals surface area contributed by atoms with Crippen LogP contribution in [-0.2, 0) is 26.4 Å². The highest BCUT2D eigenvalue weighted by Crippen LogP contribution is 2.33. The maximum absolute atomic E-state index is 16.4. The predicted octanol–water partition coefficient (Wildman–Crippen LogP) is 7.03. The number of nitrogens with zero attached hydrogens (tertiary/aromatic N) is 4. The molecule has 0 spiro atoms. The van der Waals surface area contributed by atoms with E-state index in [0.29, 0.717) is 32.5 Å². The van der Waals surface area contributed by atoms with E-state index in [2.05, 4.69) is 60.2 Å². The van der Waals surface area contributed by atoms with Gasteiger partial charge in [0.25, 0.3) is 0 Å². The lowest BCUT2D eigenvalue weighted by Crippen LogP contribution is -2.45. The number of pyridine rings is 1. The maximum atomic E-state index is 16.4. The number of ketones is 1. The van der Waals surface area contributed by atoms with Crippen LogP contribution in [-0.4, -0.2) is 83.4 Å². The highest BCUT2D eigenvalue weighted by atomic mass is 79.9. The smallest absolute Gasteiger partial charge is 0.306 e. The number of aromatic nitrogens is 2. The molecule has 9 nitrogen and oxygen atoms in total. The van der Waals surface area contributed by atoms with E-state index in [0.717, 1.165) is 22.5 Å². The number of halogens is 4. The van der Waals surface area contributed by atoms with Gasteiger partial charge in [-0.05, 0) is 52.6 Å². The van der Waals surface area contributed by atoms with E-state index in [1.807, 2.05) is 0 Å². The number of benzene rings is 1. The van der Waals surface area contributed by atoms with Crippen LogP contribution in [0.4, 0.5) is 18.9 Å². The Kier molecular flexibility index (Phi) is 11.6. The highest BCUT2D eigenvalue weighted by Gasteiger charge is 2.38. The van der Waals surface area contributed by atoms with Crippen molar-refractivity contribution in [1.29, 1.82) is 0 Å². The van der Waals surface area contributed by atoms with Crippen LogP contribution in [0, 0.1) is 11.6 Å². The van der Waals surface area contributed by atoms with Crippen molar-refractivity contribution in [2.24, 2.45) is 0 Å². The summed E-state index contributed by atoms with van der Waals surface area (Å²) in [5.74, 6) is -3.53. The summed E-state index contributed by atoms with van der Waals surface area (Å²) in [6.45, 7) is 12.7. The quantitative estimate of drug-likeness (QED) is 0.0715. The van der Waals surface area contributed by atoms with Gasteiger partial charge in [0.1, 0.15) is 31.1 Å². The first-order valence-electron chi connectivity index (χ1n) is 15.1. The lowest BCUT2D eigenvalue weighted by atomic mass is 10.0. The molecule has 1 aliphatic rings. The van der Waals surface area contributed by atoms with Gasteiger partial charge in [0.05, 0.1) is 16.8 Å². The van der Waals surface area contributed by atoms with Crippen molar-refractivity contribution in [3.63, 3.8) is 0 Å².